The Kier molecular flexibility index (Phi) is 6.03. The second-order valence-electron chi connectivity index (χ2n) is 8.75. The van der Waals surface area contributed by atoms with E-state index in [2.05, 4.69) is 0 Å². The van der Waals surface area contributed by atoms with Crippen molar-refractivity contribution < 1.29 is 40.7 Å². The first-order chi connectivity index (χ1) is 16.2. The van der Waals surface area contributed by atoms with Crippen molar-refractivity contribution in [2.24, 2.45) is 0 Å². The zero-order valence-electron chi connectivity index (χ0n) is 18.7. The number of carboxylic acid groups (broad SMARTS) is 1. The Morgan fingerprint density at radius 3 is 2.37 bits per heavy atom. The summed E-state index contributed by atoms with van der Waals surface area (Å²) < 4.78 is 80.5. The van der Waals surface area contributed by atoms with Crippen molar-refractivity contribution in [1.29, 1.82) is 0 Å². The smallest absolute Gasteiger partial charge is 0.416 e. The second-order valence-corrected chi connectivity index (χ2v) is 10.7. The van der Waals surface area contributed by atoms with Crippen LogP contribution < -0.4 is 0 Å². The maximum atomic E-state index is 14.5. The molecule has 1 aromatic heterocycles. The van der Waals surface area contributed by atoms with Crippen molar-refractivity contribution in [3.8, 4) is 0 Å². The molecule has 186 valence electrons. The van der Waals surface area contributed by atoms with Crippen LogP contribution in [0.5, 0.6) is 0 Å². The molecule has 6 nitrogen and oxygen atoms in total. The van der Waals surface area contributed by atoms with Crippen LogP contribution in [0.25, 0.3) is 10.9 Å². The van der Waals surface area contributed by atoms with Gasteiger partial charge in [0.15, 0.2) is 15.6 Å². The van der Waals surface area contributed by atoms with Crippen LogP contribution in [0.4, 0.5) is 17.6 Å². The van der Waals surface area contributed by atoms with Crippen LogP contribution in [0.15, 0.2) is 41.3 Å². The molecule has 0 saturated carbocycles. The van der Waals surface area contributed by atoms with Crippen molar-refractivity contribution in [2.45, 2.75) is 49.2 Å². The van der Waals surface area contributed by atoms with Crippen molar-refractivity contribution in [1.82, 2.24) is 4.57 Å². The number of aliphatic carboxylic acids is 1. The van der Waals surface area contributed by atoms with Gasteiger partial charge in [0.2, 0.25) is 0 Å². The zero-order chi connectivity index (χ0) is 25.9. The van der Waals surface area contributed by atoms with E-state index in [1.165, 1.54) is 16.7 Å². The molecule has 1 unspecified atom stereocenters. The van der Waals surface area contributed by atoms with Crippen molar-refractivity contribution in [3.63, 3.8) is 0 Å². The number of aromatic nitrogens is 1. The minimum absolute atomic E-state index is 0.00341. The lowest BCUT2D eigenvalue weighted by molar-refractivity contribution is -0.138. The van der Waals surface area contributed by atoms with E-state index in [9.17, 15) is 40.7 Å². The molecule has 0 radical (unpaired) electrons. The van der Waals surface area contributed by atoms with Gasteiger partial charge in [-0.25, -0.2) is 12.8 Å². The molecule has 2 aromatic carbocycles. The second kappa shape index (κ2) is 8.47. The predicted octanol–water partition coefficient (Wildman–Crippen LogP) is 5.35. The van der Waals surface area contributed by atoms with Gasteiger partial charge >= 0.3 is 12.1 Å². The fraction of sp³-hybridized carbons (Fsp3) is 0.333. The van der Waals surface area contributed by atoms with Crippen LogP contribution in [-0.2, 0) is 20.8 Å². The molecule has 1 aliphatic carbocycles. The summed E-state index contributed by atoms with van der Waals surface area (Å²) in [4.78, 5) is 24.2. The van der Waals surface area contributed by atoms with E-state index in [1.54, 1.807) is 6.92 Å². The SMILES string of the molecule is C[C@@H](c1ccc(C(F)(F)F)cc1)n1c2c(c3cc(F)cc(S(C)(=O)=O)c31)C(=O)CCC2CC(=O)O. The maximum Gasteiger partial charge on any atom is 0.416 e. The number of carbonyl (C=O) groups is 2. The third kappa shape index (κ3) is 4.44. The monoisotopic (exact) mass is 511 g/mol. The Morgan fingerprint density at radius 2 is 1.83 bits per heavy atom. The van der Waals surface area contributed by atoms with Crippen LogP contribution in [0.2, 0.25) is 0 Å². The lowest BCUT2D eigenvalue weighted by atomic mass is 9.83. The Balaban J connectivity index is 2.08. The minimum atomic E-state index is -4.55. The van der Waals surface area contributed by atoms with Crippen LogP contribution in [0.1, 0.15) is 65.3 Å². The van der Waals surface area contributed by atoms with E-state index < -0.39 is 45.3 Å². The molecule has 0 fully saturated rings. The number of hydrogen-bond acceptors (Lipinski definition) is 4. The number of carbonyl (C=O) groups excluding carboxylic acids is 1. The molecule has 0 amide bonds. The number of halogens is 4. The van der Waals surface area contributed by atoms with E-state index in [1.807, 2.05) is 0 Å². The van der Waals surface area contributed by atoms with Crippen LogP contribution in [0, 0.1) is 5.82 Å². The van der Waals surface area contributed by atoms with Crippen LogP contribution >= 0.6 is 0 Å². The minimum Gasteiger partial charge on any atom is -0.481 e. The molecule has 35 heavy (non-hydrogen) atoms. The van der Waals surface area contributed by atoms with Gasteiger partial charge in [0.25, 0.3) is 0 Å². The lowest BCUT2D eigenvalue weighted by Gasteiger charge is -2.27. The Bertz CT molecular complexity index is 1460. The molecular formula is C24H21F4NO5S. The Morgan fingerprint density at radius 1 is 1.20 bits per heavy atom. The highest BCUT2D eigenvalue weighted by molar-refractivity contribution is 7.91. The van der Waals surface area contributed by atoms with E-state index >= 15 is 0 Å². The summed E-state index contributed by atoms with van der Waals surface area (Å²) in [5.74, 6) is -3.08. The molecule has 1 N–H and O–H groups in total. The molecule has 1 aliphatic rings. The number of ketones is 1. The third-order valence-electron chi connectivity index (χ3n) is 6.38. The zero-order valence-corrected chi connectivity index (χ0v) is 19.5. The van der Waals surface area contributed by atoms with Crippen molar-refractivity contribution in [3.05, 3.63) is 64.6 Å². The highest BCUT2D eigenvalue weighted by Gasteiger charge is 2.37. The van der Waals surface area contributed by atoms with Gasteiger partial charge in [-0.05, 0) is 43.2 Å². The average Bonchev–Trinajstić information content (AvgIpc) is 3.09. The fourth-order valence-corrected chi connectivity index (χ4v) is 5.73. The summed E-state index contributed by atoms with van der Waals surface area (Å²) in [6.07, 6.45) is -3.83. The number of nitrogens with zero attached hydrogens (tertiary/aromatic N) is 1. The first-order valence-corrected chi connectivity index (χ1v) is 12.6. The van der Waals surface area contributed by atoms with Crippen molar-refractivity contribution >= 4 is 32.5 Å². The fourth-order valence-electron chi connectivity index (χ4n) is 4.85. The van der Waals surface area contributed by atoms with Gasteiger partial charge in [-0.15, -0.1) is 0 Å². The summed E-state index contributed by atoms with van der Waals surface area (Å²) in [6.45, 7) is 1.61. The molecule has 2 atom stereocenters. The summed E-state index contributed by atoms with van der Waals surface area (Å²) in [5.41, 5.74) is -0.168. The number of fused-ring (bicyclic) bond motifs is 3. The molecule has 11 heteroatoms. The number of alkyl halides is 3. The highest BCUT2D eigenvalue weighted by Crippen LogP contribution is 2.45. The van der Waals surface area contributed by atoms with Crippen LogP contribution in [0.3, 0.4) is 0 Å². The van der Waals surface area contributed by atoms with Gasteiger partial charge in [0.1, 0.15) is 5.82 Å². The number of benzene rings is 2. The van der Waals surface area contributed by atoms with Crippen LogP contribution in [-0.4, -0.2) is 36.1 Å². The third-order valence-corrected chi connectivity index (χ3v) is 7.49. The average molecular weight is 511 g/mol. The number of hydrogen-bond donors (Lipinski definition) is 1. The number of sulfone groups is 1. The van der Waals surface area contributed by atoms with E-state index in [4.69, 9.17) is 0 Å². The van der Waals surface area contributed by atoms with Gasteiger partial charge in [0.05, 0.1) is 28.4 Å². The van der Waals surface area contributed by atoms with Gasteiger partial charge in [-0.2, -0.15) is 13.2 Å². The summed E-state index contributed by atoms with van der Waals surface area (Å²) in [6, 6.07) is 5.34. The summed E-state index contributed by atoms with van der Waals surface area (Å²) in [7, 11) is -4.01. The summed E-state index contributed by atoms with van der Waals surface area (Å²) >= 11 is 0. The molecule has 0 bridgehead atoms. The molecule has 3 aromatic rings. The largest absolute Gasteiger partial charge is 0.481 e. The summed E-state index contributed by atoms with van der Waals surface area (Å²) in [5, 5.41) is 9.50. The molecule has 0 spiro atoms. The standard InChI is InChI=1S/C24H21F4NO5S/c1-12(13-3-6-15(7-4-13)24(26,27)28)29-22-14(9-20(31)32)5-8-18(30)21(22)17-10-16(25)11-19(23(17)29)35(2,33)34/h3-4,6-7,10-12,14H,5,8-9H2,1-2H3,(H,31,32)/t12-,14?/m0/s1. The predicted molar refractivity (Wildman–Crippen MR) is 119 cm³/mol. The lowest BCUT2D eigenvalue weighted by Crippen LogP contribution is -2.22. The van der Waals surface area contributed by atoms with E-state index in [0.29, 0.717) is 5.56 Å². The van der Waals surface area contributed by atoms with E-state index in [-0.39, 0.29) is 52.1 Å². The van der Waals surface area contributed by atoms with Crippen molar-refractivity contribution in [2.75, 3.05) is 6.26 Å². The molecule has 0 aliphatic heterocycles. The number of rotatable bonds is 5. The normalized spacial score (nSPS) is 17.4. The first-order valence-electron chi connectivity index (χ1n) is 10.7. The molecule has 4 rings (SSSR count). The topological polar surface area (TPSA) is 93.4 Å². The number of Topliss-reactive ketones (excluding diaryl/α,β-unsaturated/α-hetero) is 1. The Labute approximate surface area is 198 Å². The molecule has 1 heterocycles. The Hall–Kier alpha value is -3.21. The number of carboxylic acids is 1. The quantitative estimate of drug-likeness (QED) is 0.467. The molecule has 0 saturated heterocycles. The van der Waals surface area contributed by atoms with E-state index in [0.717, 1.165) is 30.5 Å². The maximum absolute atomic E-state index is 14.5. The highest BCUT2D eigenvalue weighted by atomic mass is 32.2. The van der Waals surface area contributed by atoms with Gasteiger partial charge in [-0.3, -0.25) is 9.59 Å². The van der Waals surface area contributed by atoms with Gasteiger partial charge < -0.3 is 9.67 Å². The first kappa shape index (κ1) is 24.9. The van der Waals surface area contributed by atoms with Gasteiger partial charge in [-0.1, -0.05) is 12.1 Å². The van der Waals surface area contributed by atoms with Gasteiger partial charge in [0, 0.05) is 35.2 Å². The molecular weight excluding hydrogens is 490 g/mol.